The number of rotatable bonds is 4. The summed E-state index contributed by atoms with van der Waals surface area (Å²) in [5, 5.41) is 0. The van der Waals surface area contributed by atoms with Crippen LogP contribution >= 0.6 is 0 Å². The fourth-order valence-electron chi connectivity index (χ4n) is 0.571. The van der Waals surface area contributed by atoms with E-state index in [4.69, 9.17) is 5.73 Å². The van der Waals surface area contributed by atoms with Crippen molar-refractivity contribution in [3.8, 4) is 0 Å². The van der Waals surface area contributed by atoms with Crippen molar-refractivity contribution in [1.29, 1.82) is 0 Å². The number of hydrogen-bond acceptors (Lipinski definition) is 1. The van der Waals surface area contributed by atoms with Gasteiger partial charge in [0, 0.05) is 1.43 Å². The Kier molecular flexibility index (Phi) is 45.6. The van der Waals surface area contributed by atoms with Gasteiger partial charge >= 0.3 is 0 Å². The summed E-state index contributed by atoms with van der Waals surface area (Å²) in [4.78, 5) is 0. The molecule has 0 atom stereocenters. The molecule has 0 bridgehead atoms. The molecule has 0 saturated heterocycles. The third kappa shape index (κ3) is 51.0. The van der Waals surface area contributed by atoms with Crippen molar-refractivity contribution in [2.24, 2.45) is 5.73 Å². The lowest BCUT2D eigenvalue weighted by Crippen LogP contribution is -1.97. The van der Waals surface area contributed by atoms with Crippen LogP contribution in [0.15, 0.2) is 0 Å². The van der Waals surface area contributed by atoms with Gasteiger partial charge in [0.1, 0.15) is 0 Å². The van der Waals surface area contributed by atoms with Crippen molar-refractivity contribution in [3.63, 3.8) is 0 Å². The molecule has 0 aliphatic heterocycles. The predicted octanol–water partition coefficient (Wildman–Crippen LogP) is 4.21. The van der Waals surface area contributed by atoms with Crippen molar-refractivity contribution in [2.75, 3.05) is 6.54 Å². The summed E-state index contributed by atoms with van der Waals surface area (Å²) in [7, 11) is 0. The molecule has 0 fully saturated rings. The molecule has 0 heterocycles. The quantitative estimate of drug-likeness (QED) is 0.639. The Morgan fingerprint density at radius 1 is 0.917 bits per heavy atom. The minimum absolute atomic E-state index is 0. The summed E-state index contributed by atoms with van der Waals surface area (Å²) in [5.41, 5.74) is 5.27. The van der Waals surface area contributed by atoms with Gasteiger partial charge in [-0.1, -0.05) is 60.3 Å². The van der Waals surface area contributed by atoms with E-state index in [1.807, 2.05) is 13.8 Å². The van der Waals surface area contributed by atoms with Crippen LogP contribution in [0.2, 0.25) is 0 Å². The highest BCUT2D eigenvalue weighted by Crippen LogP contribution is 1.95. The van der Waals surface area contributed by atoms with Crippen LogP contribution in [0.3, 0.4) is 0 Å². The van der Waals surface area contributed by atoms with E-state index in [2.05, 4.69) is 20.8 Å². The fraction of sp³-hybridized carbons (Fsp3) is 1.00. The number of hydrogen-bond donors (Lipinski definition) is 1. The largest absolute Gasteiger partial charge is 0.330 e. The van der Waals surface area contributed by atoms with Crippen LogP contribution in [0.5, 0.6) is 0 Å². The molecular weight excluding hydrogens is 146 g/mol. The topological polar surface area (TPSA) is 26.0 Å². The lowest BCUT2D eigenvalue weighted by Gasteiger charge is -1.90. The Morgan fingerprint density at radius 3 is 1.58 bits per heavy atom. The molecule has 80 valence electrons. The highest BCUT2D eigenvalue weighted by Gasteiger charge is 1.80. The zero-order chi connectivity index (χ0) is 10.2. The average molecular weight is 177 g/mol. The monoisotopic (exact) mass is 177 g/mol. The highest BCUT2D eigenvalue weighted by molar-refractivity contribution is 4.38. The van der Waals surface area contributed by atoms with E-state index in [0.717, 1.165) is 6.54 Å². The Bertz CT molecular complexity index is 37.1. The van der Waals surface area contributed by atoms with Crippen LogP contribution in [0.1, 0.15) is 68.1 Å². The second-order valence-corrected chi connectivity index (χ2v) is 2.56. The van der Waals surface area contributed by atoms with Crippen molar-refractivity contribution >= 4 is 0 Å². The molecule has 0 saturated carbocycles. The molecule has 2 N–H and O–H groups in total. The van der Waals surface area contributed by atoms with Crippen LogP contribution in [0, 0.1) is 0 Å². The normalized spacial score (nSPS) is 7.50. The molecule has 0 aromatic rings. The van der Waals surface area contributed by atoms with E-state index in [-0.39, 0.29) is 1.43 Å². The van der Waals surface area contributed by atoms with Crippen molar-refractivity contribution in [2.45, 2.75) is 66.7 Å². The first-order chi connectivity index (χ1) is 5.83. The minimum atomic E-state index is 0. The van der Waals surface area contributed by atoms with Gasteiger partial charge in [0.25, 0.3) is 0 Å². The molecule has 0 unspecified atom stereocenters. The first-order valence-electron chi connectivity index (χ1n) is 5.53. The van der Waals surface area contributed by atoms with Gasteiger partial charge in [-0.25, -0.2) is 0 Å². The van der Waals surface area contributed by atoms with E-state index < -0.39 is 0 Å². The molecule has 0 radical (unpaired) electrons. The molecule has 0 spiro atoms. The van der Waals surface area contributed by atoms with Crippen LogP contribution in [0.25, 0.3) is 0 Å². The van der Waals surface area contributed by atoms with Crippen LogP contribution in [-0.4, -0.2) is 6.54 Å². The maximum absolute atomic E-state index is 5.27. The molecule has 12 heavy (non-hydrogen) atoms. The Balaban J connectivity index is -0.0000000581. The maximum atomic E-state index is 5.27. The van der Waals surface area contributed by atoms with E-state index >= 15 is 0 Å². The summed E-state index contributed by atoms with van der Waals surface area (Å²) < 4.78 is 0. The maximum Gasteiger partial charge on any atom is 0 e. The Labute approximate surface area is 81.2 Å². The molecule has 0 amide bonds. The van der Waals surface area contributed by atoms with Gasteiger partial charge in [0.05, 0.1) is 0 Å². The van der Waals surface area contributed by atoms with E-state index in [1.165, 1.54) is 32.1 Å². The lowest BCUT2D eigenvalue weighted by atomic mass is 10.2. The fourth-order valence-corrected chi connectivity index (χ4v) is 0.571. The molecule has 1 nitrogen and oxygen atoms in total. The van der Waals surface area contributed by atoms with Gasteiger partial charge in [0.2, 0.25) is 0 Å². The molecular formula is C11H31N. The smallest absolute Gasteiger partial charge is 0 e. The zero-order valence-electron chi connectivity index (χ0n) is 9.82. The third-order valence-electron chi connectivity index (χ3n) is 1.06. The number of nitrogens with two attached hydrogens (primary N) is 1. The summed E-state index contributed by atoms with van der Waals surface area (Å²) in [6.45, 7) is 11.3. The van der Waals surface area contributed by atoms with Gasteiger partial charge in [-0.05, 0) is 13.0 Å². The van der Waals surface area contributed by atoms with Crippen LogP contribution in [-0.2, 0) is 0 Å². The second-order valence-electron chi connectivity index (χ2n) is 2.56. The standard InChI is InChI=1S/C6H15N.C3H8.C2H6.H2/c1-2-3-4-5-6-7;1-3-2;1-2;/h2-7H2,1H3;3H2,1-2H3;1-2H3;1H. The van der Waals surface area contributed by atoms with E-state index in [1.54, 1.807) is 0 Å². The second kappa shape index (κ2) is 30.6. The Morgan fingerprint density at radius 2 is 1.33 bits per heavy atom. The summed E-state index contributed by atoms with van der Waals surface area (Å²) in [6, 6.07) is 0. The van der Waals surface area contributed by atoms with E-state index in [0.29, 0.717) is 0 Å². The highest BCUT2D eigenvalue weighted by atomic mass is 14.5. The Hall–Kier alpha value is -0.0400. The van der Waals surface area contributed by atoms with Gasteiger partial charge < -0.3 is 5.73 Å². The molecule has 0 aliphatic rings. The lowest BCUT2D eigenvalue weighted by molar-refractivity contribution is 0.674. The van der Waals surface area contributed by atoms with Gasteiger partial charge in [0.15, 0.2) is 0 Å². The molecule has 0 aliphatic carbocycles. The molecule has 0 rings (SSSR count). The van der Waals surface area contributed by atoms with Crippen molar-refractivity contribution < 1.29 is 1.43 Å². The van der Waals surface area contributed by atoms with Gasteiger partial charge in [-0.15, -0.1) is 0 Å². The molecule has 1 heteroatoms. The minimum Gasteiger partial charge on any atom is -0.330 e. The van der Waals surface area contributed by atoms with Crippen molar-refractivity contribution in [3.05, 3.63) is 0 Å². The van der Waals surface area contributed by atoms with E-state index in [9.17, 15) is 0 Å². The van der Waals surface area contributed by atoms with Crippen LogP contribution in [0.4, 0.5) is 0 Å². The van der Waals surface area contributed by atoms with Gasteiger partial charge in [-0.3, -0.25) is 0 Å². The predicted molar refractivity (Wildman–Crippen MR) is 62.6 cm³/mol. The number of unbranched alkanes of at least 4 members (excludes halogenated alkanes) is 3. The first-order valence-corrected chi connectivity index (χ1v) is 5.53. The summed E-state index contributed by atoms with van der Waals surface area (Å²) in [5.74, 6) is 0. The first kappa shape index (κ1) is 17.9. The summed E-state index contributed by atoms with van der Waals surface area (Å²) in [6.07, 6.45) is 6.41. The molecule has 0 aromatic carbocycles. The van der Waals surface area contributed by atoms with Crippen LogP contribution < -0.4 is 5.73 Å². The third-order valence-corrected chi connectivity index (χ3v) is 1.06. The zero-order valence-corrected chi connectivity index (χ0v) is 9.82. The molecule has 0 aromatic heterocycles. The van der Waals surface area contributed by atoms with Crippen molar-refractivity contribution in [1.82, 2.24) is 0 Å². The van der Waals surface area contributed by atoms with Gasteiger partial charge in [-0.2, -0.15) is 0 Å². The SMILES string of the molecule is CC.CCC.CCCCCCN.[HH]. The average Bonchev–Trinajstić information content (AvgIpc) is 2.11. The summed E-state index contributed by atoms with van der Waals surface area (Å²) >= 11 is 0.